The Hall–Kier alpha value is -1.18. The van der Waals surface area contributed by atoms with Crippen LogP contribution in [0.15, 0.2) is 24.3 Å². The highest BCUT2D eigenvalue weighted by molar-refractivity contribution is 5.46. The van der Waals surface area contributed by atoms with Gasteiger partial charge in [-0.25, -0.2) is 0 Å². The summed E-state index contributed by atoms with van der Waals surface area (Å²) in [6.07, 6.45) is 4.82. The molecule has 1 aromatic rings. The number of ether oxygens (including phenoxy) is 1. The first kappa shape index (κ1) is 13.9. The Morgan fingerprint density at radius 3 is 2.41 bits per heavy atom. The molecule has 0 amide bonds. The van der Waals surface area contributed by atoms with Gasteiger partial charge in [0.2, 0.25) is 0 Å². The summed E-state index contributed by atoms with van der Waals surface area (Å²) in [5, 5.41) is 3.50. The van der Waals surface area contributed by atoms with Gasteiger partial charge in [0, 0.05) is 11.7 Å². The van der Waals surface area contributed by atoms with Crippen LogP contribution >= 0.6 is 0 Å². The lowest BCUT2D eigenvalue weighted by atomic mass is 10.1. The van der Waals surface area contributed by atoms with Gasteiger partial charge >= 0.3 is 0 Å². The van der Waals surface area contributed by atoms with Gasteiger partial charge in [-0.2, -0.15) is 0 Å². The summed E-state index contributed by atoms with van der Waals surface area (Å²) < 4.78 is 5.55. The number of hydrogen-bond acceptors (Lipinski definition) is 2. The Labute approximate surface area is 105 Å². The largest absolute Gasteiger partial charge is 0.494 e. The summed E-state index contributed by atoms with van der Waals surface area (Å²) in [7, 11) is 0. The molecule has 0 spiro atoms. The molecule has 1 atom stereocenters. The van der Waals surface area contributed by atoms with Crippen LogP contribution in [0.5, 0.6) is 5.75 Å². The van der Waals surface area contributed by atoms with Gasteiger partial charge in [0.1, 0.15) is 5.75 Å². The van der Waals surface area contributed by atoms with E-state index in [0.29, 0.717) is 6.04 Å². The van der Waals surface area contributed by atoms with Crippen molar-refractivity contribution in [2.45, 2.75) is 52.5 Å². The fourth-order valence-corrected chi connectivity index (χ4v) is 1.73. The highest BCUT2D eigenvalue weighted by atomic mass is 16.5. The Morgan fingerprint density at radius 2 is 1.82 bits per heavy atom. The lowest BCUT2D eigenvalue weighted by Gasteiger charge is -2.15. The highest BCUT2D eigenvalue weighted by Crippen LogP contribution is 2.17. The normalized spacial score (nSPS) is 12.2. The van der Waals surface area contributed by atoms with Gasteiger partial charge in [0.15, 0.2) is 0 Å². The maximum Gasteiger partial charge on any atom is 0.119 e. The molecule has 0 saturated heterocycles. The van der Waals surface area contributed by atoms with Crippen molar-refractivity contribution in [3.05, 3.63) is 24.3 Å². The first-order valence-corrected chi connectivity index (χ1v) is 6.75. The van der Waals surface area contributed by atoms with Crippen LogP contribution < -0.4 is 10.1 Å². The molecule has 1 rings (SSSR count). The summed E-state index contributed by atoms with van der Waals surface area (Å²) in [5.74, 6) is 0.957. The molecule has 0 aliphatic heterocycles. The number of hydrogen-bond donors (Lipinski definition) is 1. The molecule has 0 saturated carbocycles. The third kappa shape index (κ3) is 5.62. The first-order chi connectivity index (χ1) is 8.26. The Morgan fingerprint density at radius 1 is 1.12 bits per heavy atom. The second-order valence-electron chi connectivity index (χ2n) is 4.56. The van der Waals surface area contributed by atoms with Crippen LogP contribution in [0, 0.1) is 0 Å². The van der Waals surface area contributed by atoms with Crippen molar-refractivity contribution in [1.29, 1.82) is 0 Å². The Kier molecular flexibility index (Phi) is 6.53. The monoisotopic (exact) mass is 235 g/mol. The van der Waals surface area contributed by atoms with Crippen molar-refractivity contribution in [1.82, 2.24) is 0 Å². The van der Waals surface area contributed by atoms with E-state index in [-0.39, 0.29) is 0 Å². The van der Waals surface area contributed by atoms with Gasteiger partial charge in [0.05, 0.1) is 6.61 Å². The molecular weight excluding hydrogens is 210 g/mol. The molecule has 0 fully saturated rings. The van der Waals surface area contributed by atoms with Crippen LogP contribution in [0.1, 0.15) is 46.5 Å². The zero-order valence-corrected chi connectivity index (χ0v) is 11.3. The maximum absolute atomic E-state index is 5.55. The standard InChI is InChI=1S/C15H25NO/c1-4-6-7-13(3)16-14-8-10-15(11-9-14)17-12-5-2/h8-11,13,16H,4-7,12H2,1-3H3. The van der Waals surface area contributed by atoms with E-state index >= 15 is 0 Å². The third-order valence-corrected chi connectivity index (χ3v) is 2.73. The van der Waals surface area contributed by atoms with E-state index < -0.39 is 0 Å². The van der Waals surface area contributed by atoms with Crippen LogP contribution in [0.25, 0.3) is 0 Å². The van der Waals surface area contributed by atoms with Gasteiger partial charge in [-0.15, -0.1) is 0 Å². The van der Waals surface area contributed by atoms with E-state index in [1.165, 1.54) is 24.9 Å². The van der Waals surface area contributed by atoms with Crippen LogP contribution in [0.2, 0.25) is 0 Å². The molecule has 1 N–H and O–H groups in total. The predicted molar refractivity (Wildman–Crippen MR) is 74.8 cm³/mol. The SMILES string of the molecule is CCCCC(C)Nc1ccc(OCCC)cc1. The Balaban J connectivity index is 2.39. The number of unbranched alkanes of at least 4 members (excludes halogenated alkanes) is 1. The molecule has 0 radical (unpaired) electrons. The van der Waals surface area contributed by atoms with Gasteiger partial charge < -0.3 is 10.1 Å². The highest BCUT2D eigenvalue weighted by Gasteiger charge is 2.01. The van der Waals surface area contributed by atoms with Crippen molar-refractivity contribution < 1.29 is 4.74 Å². The summed E-state index contributed by atoms with van der Waals surface area (Å²) in [6.45, 7) is 7.37. The quantitative estimate of drug-likeness (QED) is 0.718. The van der Waals surface area contributed by atoms with E-state index in [0.717, 1.165) is 18.8 Å². The average Bonchev–Trinajstić information content (AvgIpc) is 2.35. The van der Waals surface area contributed by atoms with E-state index in [1.54, 1.807) is 0 Å². The molecule has 2 nitrogen and oxygen atoms in total. The number of benzene rings is 1. The first-order valence-electron chi connectivity index (χ1n) is 6.75. The van der Waals surface area contributed by atoms with Gasteiger partial charge in [0.25, 0.3) is 0 Å². The molecule has 17 heavy (non-hydrogen) atoms. The van der Waals surface area contributed by atoms with Crippen LogP contribution in [-0.4, -0.2) is 12.6 Å². The molecule has 0 aliphatic rings. The fraction of sp³-hybridized carbons (Fsp3) is 0.600. The third-order valence-electron chi connectivity index (χ3n) is 2.73. The van der Waals surface area contributed by atoms with Crippen molar-refractivity contribution in [2.75, 3.05) is 11.9 Å². The molecule has 96 valence electrons. The number of nitrogens with one attached hydrogen (secondary N) is 1. The lowest BCUT2D eigenvalue weighted by Crippen LogP contribution is -2.14. The van der Waals surface area contributed by atoms with Crippen molar-refractivity contribution in [3.8, 4) is 5.75 Å². The summed E-state index contributed by atoms with van der Waals surface area (Å²) in [6, 6.07) is 8.79. The second-order valence-corrected chi connectivity index (χ2v) is 4.56. The van der Waals surface area contributed by atoms with Crippen LogP contribution in [-0.2, 0) is 0 Å². The van der Waals surface area contributed by atoms with Crippen LogP contribution in [0.4, 0.5) is 5.69 Å². The van der Waals surface area contributed by atoms with E-state index in [9.17, 15) is 0 Å². The number of rotatable bonds is 8. The molecule has 1 aromatic carbocycles. The fourth-order valence-electron chi connectivity index (χ4n) is 1.73. The maximum atomic E-state index is 5.55. The summed E-state index contributed by atoms with van der Waals surface area (Å²) in [4.78, 5) is 0. The van der Waals surface area contributed by atoms with Crippen molar-refractivity contribution in [2.24, 2.45) is 0 Å². The summed E-state index contributed by atoms with van der Waals surface area (Å²) in [5.41, 5.74) is 1.18. The van der Waals surface area contributed by atoms with Crippen molar-refractivity contribution in [3.63, 3.8) is 0 Å². The summed E-state index contributed by atoms with van der Waals surface area (Å²) >= 11 is 0. The van der Waals surface area contributed by atoms with E-state index in [2.05, 4.69) is 38.2 Å². The lowest BCUT2D eigenvalue weighted by molar-refractivity contribution is 0.317. The molecule has 2 heteroatoms. The minimum Gasteiger partial charge on any atom is -0.494 e. The van der Waals surface area contributed by atoms with E-state index in [4.69, 9.17) is 4.74 Å². The second kappa shape index (κ2) is 7.99. The Bertz CT molecular complexity index is 294. The minimum atomic E-state index is 0.539. The molecule has 0 aromatic heterocycles. The zero-order valence-electron chi connectivity index (χ0n) is 11.3. The van der Waals surface area contributed by atoms with Gasteiger partial charge in [-0.3, -0.25) is 0 Å². The molecule has 1 unspecified atom stereocenters. The smallest absolute Gasteiger partial charge is 0.119 e. The molecule has 0 bridgehead atoms. The van der Waals surface area contributed by atoms with Gasteiger partial charge in [-0.05, 0) is 44.0 Å². The minimum absolute atomic E-state index is 0.539. The average molecular weight is 235 g/mol. The van der Waals surface area contributed by atoms with Gasteiger partial charge in [-0.1, -0.05) is 26.7 Å². The molecular formula is C15H25NO. The topological polar surface area (TPSA) is 21.3 Å². The van der Waals surface area contributed by atoms with E-state index in [1.807, 2.05) is 12.1 Å². The predicted octanol–water partition coefficient (Wildman–Crippen LogP) is 4.47. The number of anilines is 1. The molecule has 0 heterocycles. The molecule has 0 aliphatic carbocycles. The van der Waals surface area contributed by atoms with Crippen molar-refractivity contribution >= 4 is 5.69 Å². The van der Waals surface area contributed by atoms with Crippen LogP contribution in [0.3, 0.4) is 0 Å². The zero-order chi connectivity index (χ0) is 12.5.